The molecule has 0 aliphatic rings. The average Bonchev–Trinajstić information content (AvgIpc) is 2.55. The van der Waals surface area contributed by atoms with Crippen LogP contribution in [-0.2, 0) is 16.1 Å². The molecule has 0 aliphatic heterocycles. The molecule has 1 atom stereocenters. The minimum atomic E-state index is -1.09. The minimum Gasteiger partial charge on any atom is -0.479 e. The molecule has 2 rings (SSSR count). The third kappa shape index (κ3) is 4.38. The second-order valence-corrected chi connectivity index (χ2v) is 6.20. The number of amides is 1. The van der Waals surface area contributed by atoms with Crippen molar-refractivity contribution < 1.29 is 19.4 Å². The first-order chi connectivity index (χ1) is 11.8. The first-order valence-electron chi connectivity index (χ1n) is 8.05. The van der Waals surface area contributed by atoms with Crippen molar-refractivity contribution in [3.05, 3.63) is 70.3 Å². The molecule has 0 aromatic heterocycles. The highest BCUT2D eigenvalue weighted by atomic mass is 16.6. The van der Waals surface area contributed by atoms with Gasteiger partial charge in [-0.2, -0.15) is 0 Å². The van der Waals surface area contributed by atoms with Crippen LogP contribution in [0.5, 0.6) is 0 Å². The molecule has 2 aromatic carbocycles. The molecule has 5 nitrogen and oxygen atoms in total. The zero-order chi connectivity index (χ0) is 18.6. The number of rotatable bonds is 5. The quantitative estimate of drug-likeness (QED) is 0.892. The summed E-state index contributed by atoms with van der Waals surface area (Å²) < 4.78 is 5.27. The lowest BCUT2D eigenvalue weighted by Crippen LogP contribution is -2.37. The third-order valence-corrected chi connectivity index (χ3v) is 4.13. The largest absolute Gasteiger partial charge is 0.479 e. The number of benzene rings is 2. The fourth-order valence-corrected chi connectivity index (χ4v) is 3.03. The summed E-state index contributed by atoms with van der Waals surface area (Å²) >= 11 is 0. The summed E-state index contributed by atoms with van der Waals surface area (Å²) in [5.41, 5.74) is 4.20. The Balaban J connectivity index is 2.22. The zero-order valence-corrected chi connectivity index (χ0v) is 14.9. The fraction of sp³-hybridized carbons (Fsp3) is 0.300. The number of carboxylic acids is 1. The molecule has 132 valence electrons. The molecule has 0 saturated carbocycles. The summed E-state index contributed by atoms with van der Waals surface area (Å²) in [4.78, 5) is 25.4. The van der Waals surface area contributed by atoms with Crippen LogP contribution in [0.2, 0.25) is 0 Å². The van der Waals surface area contributed by atoms with Crippen molar-refractivity contribution in [2.45, 2.75) is 33.4 Å². The Hall–Kier alpha value is -2.82. The van der Waals surface area contributed by atoms with Crippen LogP contribution in [-0.4, -0.2) is 29.1 Å². The Bertz CT molecular complexity index is 748. The van der Waals surface area contributed by atoms with Gasteiger partial charge in [0.2, 0.25) is 0 Å². The van der Waals surface area contributed by atoms with E-state index in [4.69, 9.17) is 4.74 Å². The van der Waals surface area contributed by atoms with Crippen LogP contribution >= 0.6 is 0 Å². The van der Waals surface area contributed by atoms with Gasteiger partial charge in [0, 0.05) is 7.05 Å². The molecular formula is C20H23NO4. The molecule has 0 bridgehead atoms. The van der Waals surface area contributed by atoms with Gasteiger partial charge in [-0.15, -0.1) is 0 Å². The topological polar surface area (TPSA) is 66.8 Å². The van der Waals surface area contributed by atoms with E-state index in [2.05, 4.69) is 0 Å². The van der Waals surface area contributed by atoms with E-state index in [0.717, 1.165) is 27.2 Å². The zero-order valence-electron chi connectivity index (χ0n) is 14.9. The van der Waals surface area contributed by atoms with Crippen molar-refractivity contribution in [3.63, 3.8) is 0 Å². The number of hydrogen-bond donors (Lipinski definition) is 1. The van der Waals surface area contributed by atoms with E-state index in [0.29, 0.717) is 5.56 Å². The molecule has 0 spiro atoms. The van der Waals surface area contributed by atoms with E-state index in [9.17, 15) is 14.7 Å². The van der Waals surface area contributed by atoms with E-state index in [1.807, 2.05) is 63.2 Å². The van der Waals surface area contributed by atoms with Gasteiger partial charge in [0.15, 0.2) is 6.04 Å². The van der Waals surface area contributed by atoms with Crippen LogP contribution in [0.3, 0.4) is 0 Å². The average molecular weight is 341 g/mol. The van der Waals surface area contributed by atoms with Crippen molar-refractivity contribution in [2.24, 2.45) is 0 Å². The monoisotopic (exact) mass is 341 g/mol. The van der Waals surface area contributed by atoms with E-state index < -0.39 is 18.1 Å². The number of likely N-dealkylation sites (N-methyl/N-ethyl adjacent to an activating group) is 1. The van der Waals surface area contributed by atoms with Crippen LogP contribution in [0.1, 0.15) is 33.9 Å². The Morgan fingerprint density at radius 1 is 1.08 bits per heavy atom. The molecule has 5 heteroatoms. The number of hydrogen-bond acceptors (Lipinski definition) is 3. The first-order valence-corrected chi connectivity index (χ1v) is 8.05. The van der Waals surface area contributed by atoms with Crippen molar-refractivity contribution in [1.29, 1.82) is 0 Å². The number of aryl methyl sites for hydroxylation is 3. The summed E-state index contributed by atoms with van der Waals surface area (Å²) in [6, 6.07) is 12.0. The summed E-state index contributed by atoms with van der Waals surface area (Å²) in [5, 5.41) is 9.70. The van der Waals surface area contributed by atoms with Crippen molar-refractivity contribution in [3.8, 4) is 0 Å². The van der Waals surface area contributed by atoms with Gasteiger partial charge in [-0.3, -0.25) is 4.90 Å². The lowest BCUT2D eigenvalue weighted by atomic mass is 9.93. The number of ether oxygens (including phenoxy) is 1. The Labute approximate surface area is 147 Å². The summed E-state index contributed by atoms with van der Waals surface area (Å²) in [5.74, 6) is -1.09. The molecule has 0 radical (unpaired) electrons. The Kier molecular flexibility index (Phi) is 5.80. The highest BCUT2D eigenvalue weighted by molar-refractivity contribution is 5.82. The van der Waals surface area contributed by atoms with Gasteiger partial charge < -0.3 is 9.84 Å². The molecule has 25 heavy (non-hydrogen) atoms. The first kappa shape index (κ1) is 18.5. The molecule has 0 aliphatic carbocycles. The lowest BCUT2D eigenvalue weighted by Gasteiger charge is -2.27. The van der Waals surface area contributed by atoms with Crippen LogP contribution in [0.25, 0.3) is 0 Å². The molecular weight excluding hydrogens is 318 g/mol. The van der Waals surface area contributed by atoms with Crippen molar-refractivity contribution >= 4 is 12.1 Å². The van der Waals surface area contributed by atoms with E-state index in [1.165, 1.54) is 7.05 Å². The van der Waals surface area contributed by atoms with Gasteiger partial charge in [-0.25, -0.2) is 9.59 Å². The predicted octanol–water partition coefficient (Wildman–Crippen LogP) is 4.01. The lowest BCUT2D eigenvalue weighted by molar-refractivity contribution is -0.142. The van der Waals surface area contributed by atoms with E-state index in [-0.39, 0.29) is 6.61 Å². The number of carbonyl (C=O) groups is 2. The van der Waals surface area contributed by atoms with Crippen LogP contribution in [0.4, 0.5) is 4.79 Å². The smallest absolute Gasteiger partial charge is 0.410 e. The van der Waals surface area contributed by atoms with Gasteiger partial charge in [-0.1, -0.05) is 48.0 Å². The van der Waals surface area contributed by atoms with Crippen LogP contribution < -0.4 is 0 Å². The van der Waals surface area contributed by atoms with Crippen LogP contribution in [0.15, 0.2) is 42.5 Å². The number of nitrogens with zero attached hydrogens (tertiary/aromatic N) is 1. The molecule has 1 unspecified atom stereocenters. The molecule has 0 heterocycles. The van der Waals surface area contributed by atoms with Gasteiger partial charge in [0.1, 0.15) is 6.61 Å². The minimum absolute atomic E-state index is 0.0994. The summed E-state index contributed by atoms with van der Waals surface area (Å²) in [6.45, 7) is 5.77. The molecule has 2 aromatic rings. The maximum atomic E-state index is 12.4. The summed E-state index contributed by atoms with van der Waals surface area (Å²) in [6.07, 6.45) is -0.671. The maximum Gasteiger partial charge on any atom is 0.410 e. The normalized spacial score (nSPS) is 11.7. The number of carbonyl (C=O) groups excluding carboxylic acids is 1. The third-order valence-electron chi connectivity index (χ3n) is 4.13. The molecule has 1 N–H and O–H groups in total. The Morgan fingerprint density at radius 3 is 2.16 bits per heavy atom. The molecule has 1 amide bonds. The predicted molar refractivity (Wildman–Crippen MR) is 95.4 cm³/mol. The van der Waals surface area contributed by atoms with E-state index >= 15 is 0 Å². The van der Waals surface area contributed by atoms with Gasteiger partial charge >= 0.3 is 12.1 Å². The van der Waals surface area contributed by atoms with Gasteiger partial charge in [-0.05, 0) is 43.0 Å². The highest BCUT2D eigenvalue weighted by Gasteiger charge is 2.31. The van der Waals surface area contributed by atoms with Crippen molar-refractivity contribution in [2.75, 3.05) is 7.05 Å². The maximum absolute atomic E-state index is 12.4. The second-order valence-electron chi connectivity index (χ2n) is 6.20. The highest BCUT2D eigenvalue weighted by Crippen LogP contribution is 2.28. The van der Waals surface area contributed by atoms with Crippen molar-refractivity contribution in [1.82, 2.24) is 4.90 Å². The second kappa shape index (κ2) is 7.83. The van der Waals surface area contributed by atoms with Gasteiger partial charge in [0.25, 0.3) is 0 Å². The fourth-order valence-electron chi connectivity index (χ4n) is 3.03. The Morgan fingerprint density at radius 2 is 1.64 bits per heavy atom. The SMILES string of the molecule is Cc1cc(C)c(C(C(=O)O)N(C)C(=O)OCc2ccccc2)c(C)c1. The van der Waals surface area contributed by atoms with E-state index in [1.54, 1.807) is 0 Å². The summed E-state index contributed by atoms with van der Waals surface area (Å²) in [7, 11) is 1.45. The van der Waals surface area contributed by atoms with Crippen LogP contribution in [0, 0.1) is 20.8 Å². The standard InChI is InChI=1S/C20H23NO4/c1-13-10-14(2)17(15(3)11-13)18(19(22)23)21(4)20(24)25-12-16-8-6-5-7-9-16/h5-11,18H,12H2,1-4H3,(H,22,23). The molecule has 0 saturated heterocycles. The number of carboxylic acid groups (broad SMARTS) is 1. The number of aliphatic carboxylic acids is 1. The molecule has 0 fully saturated rings. The van der Waals surface area contributed by atoms with Gasteiger partial charge in [0.05, 0.1) is 0 Å².